The maximum atomic E-state index is 12.3. The number of aliphatic hydroxyl groups excluding tert-OH is 1. The summed E-state index contributed by atoms with van der Waals surface area (Å²) in [4.78, 5) is 13.9. The zero-order chi connectivity index (χ0) is 14.8. The molecule has 0 spiro atoms. The summed E-state index contributed by atoms with van der Waals surface area (Å²) in [5, 5.41) is 17.4. The summed E-state index contributed by atoms with van der Waals surface area (Å²) in [6.45, 7) is 0.386. The average molecular weight is 286 g/mol. The van der Waals surface area contributed by atoms with Crippen molar-refractivity contribution < 1.29 is 9.90 Å². The first-order valence-corrected chi connectivity index (χ1v) is 7.04. The predicted octanol–water partition coefficient (Wildman–Crippen LogP) is 1.11. The van der Waals surface area contributed by atoms with Gasteiger partial charge < -0.3 is 10.0 Å². The molecule has 1 atom stereocenters. The topological polar surface area (TPSA) is 71.2 Å². The number of hydrogen-bond donors (Lipinski definition) is 1. The highest BCUT2D eigenvalue weighted by molar-refractivity contribution is 5.94. The second kappa shape index (κ2) is 5.65. The van der Waals surface area contributed by atoms with E-state index >= 15 is 0 Å². The van der Waals surface area contributed by atoms with Gasteiger partial charge in [0.25, 0.3) is 5.91 Å². The lowest BCUT2D eigenvalue weighted by Gasteiger charge is -2.20. The molecule has 1 saturated carbocycles. The van der Waals surface area contributed by atoms with Gasteiger partial charge in [-0.25, -0.2) is 0 Å². The van der Waals surface area contributed by atoms with E-state index in [2.05, 4.69) is 10.2 Å². The Kier molecular flexibility index (Phi) is 3.70. The van der Waals surface area contributed by atoms with E-state index in [4.69, 9.17) is 0 Å². The van der Waals surface area contributed by atoms with Crippen LogP contribution in [0.15, 0.2) is 36.9 Å². The van der Waals surface area contributed by atoms with Gasteiger partial charge in [-0.05, 0) is 43.0 Å². The number of hydrogen-bond acceptors (Lipinski definition) is 4. The summed E-state index contributed by atoms with van der Waals surface area (Å²) in [7, 11) is 1.72. The molecule has 0 bridgehead atoms. The molecule has 6 heteroatoms. The molecule has 2 aromatic rings. The second-order valence-corrected chi connectivity index (χ2v) is 5.51. The number of aliphatic hydroxyl groups is 1. The van der Waals surface area contributed by atoms with Gasteiger partial charge in [0.2, 0.25) is 0 Å². The zero-order valence-electron chi connectivity index (χ0n) is 11.9. The Morgan fingerprint density at radius 1 is 1.33 bits per heavy atom. The van der Waals surface area contributed by atoms with Crippen molar-refractivity contribution >= 4 is 5.91 Å². The molecule has 1 aliphatic rings. The van der Waals surface area contributed by atoms with Crippen molar-refractivity contribution in [1.82, 2.24) is 19.7 Å². The van der Waals surface area contributed by atoms with Gasteiger partial charge in [-0.15, -0.1) is 10.2 Å². The Labute approximate surface area is 123 Å². The van der Waals surface area contributed by atoms with E-state index in [0.717, 1.165) is 18.5 Å². The van der Waals surface area contributed by atoms with E-state index in [-0.39, 0.29) is 5.91 Å². The number of amides is 1. The third-order valence-corrected chi connectivity index (χ3v) is 3.80. The standard InChI is InChI=1S/C15H18N4O2/c1-18(8-14(20)11-2-3-11)15(21)12-4-6-13(7-5-12)19-9-16-17-10-19/h4-7,9-11,14,20H,2-3,8H2,1H3. The Balaban J connectivity index is 1.66. The van der Waals surface area contributed by atoms with E-state index in [1.165, 1.54) is 0 Å². The molecule has 1 fully saturated rings. The maximum Gasteiger partial charge on any atom is 0.253 e. The lowest BCUT2D eigenvalue weighted by molar-refractivity contribution is 0.0645. The smallest absolute Gasteiger partial charge is 0.253 e. The first-order valence-electron chi connectivity index (χ1n) is 7.04. The van der Waals surface area contributed by atoms with Gasteiger partial charge in [0.05, 0.1) is 6.10 Å². The highest BCUT2D eigenvalue weighted by atomic mass is 16.3. The monoisotopic (exact) mass is 286 g/mol. The molecule has 21 heavy (non-hydrogen) atoms. The number of likely N-dealkylation sites (N-methyl/N-ethyl adjacent to an activating group) is 1. The molecule has 3 rings (SSSR count). The number of aromatic nitrogens is 3. The van der Waals surface area contributed by atoms with Crippen molar-refractivity contribution in [2.45, 2.75) is 18.9 Å². The van der Waals surface area contributed by atoms with Gasteiger partial charge in [0, 0.05) is 24.8 Å². The van der Waals surface area contributed by atoms with Crippen LogP contribution in [0.5, 0.6) is 0 Å². The fourth-order valence-electron chi connectivity index (χ4n) is 2.32. The predicted molar refractivity (Wildman–Crippen MR) is 77.1 cm³/mol. The molecule has 1 N–H and O–H groups in total. The first-order chi connectivity index (χ1) is 10.1. The van der Waals surface area contributed by atoms with E-state index in [0.29, 0.717) is 18.0 Å². The second-order valence-electron chi connectivity index (χ2n) is 5.51. The van der Waals surface area contributed by atoms with E-state index in [1.54, 1.807) is 41.3 Å². The van der Waals surface area contributed by atoms with Crippen LogP contribution in [-0.2, 0) is 0 Å². The summed E-state index contributed by atoms with van der Waals surface area (Å²) in [6.07, 6.45) is 4.94. The van der Waals surface area contributed by atoms with Gasteiger partial charge in [0.15, 0.2) is 0 Å². The van der Waals surface area contributed by atoms with Gasteiger partial charge in [-0.2, -0.15) is 0 Å². The van der Waals surface area contributed by atoms with Crippen LogP contribution in [-0.4, -0.2) is 50.4 Å². The largest absolute Gasteiger partial charge is 0.391 e. The van der Waals surface area contributed by atoms with Gasteiger partial charge >= 0.3 is 0 Å². The van der Waals surface area contributed by atoms with Crippen LogP contribution in [0, 0.1) is 5.92 Å². The van der Waals surface area contributed by atoms with Crippen LogP contribution in [0.3, 0.4) is 0 Å². The molecule has 1 amide bonds. The fourth-order valence-corrected chi connectivity index (χ4v) is 2.32. The highest BCUT2D eigenvalue weighted by Crippen LogP contribution is 2.32. The van der Waals surface area contributed by atoms with Crippen molar-refractivity contribution in [3.63, 3.8) is 0 Å². The highest BCUT2D eigenvalue weighted by Gasteiger charge is 2.31. The quantitative estimate of drug-likeness (QED) is 0.894. The fraction of sp³-hybridized carbons (Fsp3) is 0.400. The molecule has 1 aromatic carbocycles. The lowest BCUT2D eigenvalue weighted by Crippen LogP contribution is -2.35. The molecule has 0 saturated heterocycles. The summed E-state index contributed by atoms with van der Waals surface area (Å²) in [5.74, 6) is 0.293. The first kappa shape index (κ1) is 13.8. The summed E-state index contributed by atoms with van der Waals surface area (Å²) < 4.78 is 1.77. The van der Waals surface area contributed by atoms with Crippen molar-refractivity contribution in [3.05, 3.63) is 42.5 Å². The summed E-state index contributed by atoms with van der Waals surface area (Å²) >= 11 is 0. The molecule has 6 nitrogen and oxygen atoms in total. The number of carbonyl (C=O) groups is 1. The summed E-state index contributed by atoms with van der Waals surface area (Å²) in [5.41, 5.74) is 1.51. The molecule has 0 radical (unpaired) electrons. The van der Waals surface area contributed by atoms with Crippen LogP contribution in [0.25, 0.3) is 5.69 Å². The number of carbonyl (C=O) groups excluding carboxylic acids is 1. The third-order valence-electron chi connectivity index (χ3n) is 3.80. The van der Waals surface area contributed by atoms with Gasteiger partial charge in [0.1, 0.15) is 12.7 Å². The molecule has 110 valence electrons. The molecule has 1 aromatic heterocycles. The van der Waals surface area contributed by atoms with Crippen LogP contribution >= 0.6 is 0 Å². The van der Waals surface area contributed by atoms with Gasteiger partial charge in [-0.1, -0.05) is 0 Å². The molecule has 1 unspecified atom stereocenters. The third kappa shape index (κ3) is 3.11. The molecular formula is C15H18N4O2. The van der Waals surface area contributed by atoms with Gasteiger partial charge in [-0.3, -0.25) is 9.36 Å². The minimum atomic E-state index is -0.407. The molecule has 1 heterocycles. The Morgan fingerprint density at radius 2 is 1.95 bits per heavy atom. The van der Waals surface area contributed by atoms with Crippen LogP contribution in [0.1, 0.15) is 23.2 Å². The van der Waals surface area contributed by atoms with Crippen LogP contribution < -0.4 is 0 Å². The van der Waals surface area contributed by atoms with E-state index in [9.17, 15) is 9.90 Å². The minimum Gasteiger partial charge on any atom is -0.391 e. The Morgan fingerprint density at radius 3 is 2.52 bits per heavy atom. The van der Waals surface area contributed by atoms with E-state index in [1.807, 2.05) is 12.1 Å². The normalized spacial score (nSPS) is 15.7. The van der Waals surface area contributed by atoms with Crippen molar-refractivity contribution in [2.75, 3.05) is 13.6 Å². The minimum absolute atomic E-state index is 0.0787. The lowest BCUT2D eigenvalue weighted by atomic mass is 10.1. The van der Waals surface area contributed by atoms with Crippen LogP contribution in [0.4, 0.5) is 0 Å². The average Bonchev–Trinajstić information content (AvgIpc) is 3.22. The number of nitrogens with zero attached hydrogens (tertiary/aromatic N) is 4. The van der Waals surface area contributed by atoms with Crippen molar-refractivity contribution in [3.8, 4) is 5.69 Å². The van der Waals surface area contributed by atoms with E-state index < -0.39 is 6.10 Å². The number of benzene rings is 1. The van der Waals surface area contributed by atoms with Crippen molar-refractivity contribution in [2.24, 2.45) is 5.92 Å². The SMILES string of the molecule is CN(CC(O)C1CC1)C(=O)c1ccc(-n2cnnc2)cc1. The molecular weight excluding hydrogens is 268 g/mol. The molecule has 1 aliphatic carbocycles. The molecule has 0 aliphatic heterocycles. The zero-order valence-corrected chi connectivity index (χ0v) is 11.9. The maximum absolute atomic E-state index is 12.3. The Hall–Kier alpha value is -2.21. The number of rotatable bonds is 5. The van der Waals surface area contributed by atoms with Crippen molar-refractivity contribution in [1.29, 1.82) is 0 Å². The van der Waals surface area contributed by atoms with Crippen LogP contribution in [0.2, 0.25) is 0 Å². The summed E-state index contributed by atoms with van der Waals surface area (Å²) in [6, 6.07) is 7.25. The Bertz CT molecular complexity index is 605.